The van der Waals surface area contributed by atoms with Crippen LogP contribution in [0, 0.1) is 6.92 Å². The minimum atomic E-state index is -0.537. The van der Waals surface area contributed by atoms with Gasteiger partial charge in [-0.05, 0) is 37.4 Å². The van der Waals surface area contributed by atoms with E-state index in [0.717, 1.165) is 22.3 Å². The fourth-order valence-corrected chi connectivity index (χ4v) is 3.43. The number of carbonyl (C=O) groups is 1. The summed E-state index contributed by atoms with van der Waals surface area (Å²) in [6.07, 6.45) is -0.537. The van der Waals surface area contributed by atoms with Crippen LogP contribution in [0.4, 0.5) is 0 Å². The van der Waals surface area contributed by atoms with Gasteiger partial charge in [-0.25, -0.2) is 0 Å². The first-order valence-corrected chi connectivity index (χ1v) is 9.73. The van der Waals surface area contributed by atoms with Crippen molar-refractivity contribution in [2.24, 2.45) is 0 Å². The van der Waals surface area contributed by atoms with Crippen LogP contribution in [-0.2, 0) is 4.79 Å². The molecule has 0 bridgehead atoms. The van der Waals surface area contributed by atoms with Crippen LogP contribution >= 0.6 is 11.8 Å². The Morgan fingerprint density at radius 2 is 1.77 bits per heavy atom. The second-order valence-corrected chi connectivity index (χ2v) is 7.36. The van der Waals surface area contributed by atoms with Crippen LogP contribution in [-0.4, -0.2) is 24.3 Å². The van der Waals surface area contributed by atoms with Gasteiger partial charge in [0.25, 0.3) is 5.91 Å². The predicted molar refractivity (Wildman–Crippen MR) is 109 cm³/mol. The lowest BCUT2D eigenvalue weighted by Crippen LogP contribution is -2.37. The number of hydrogen-bond donors (Lipinski definition) is 1. The van der Waals surface area contributed by atoms with Gasteiger partial charge in [0.2, 0.25) is 0 Å². The summed E-state index contributed by atoms with van der Waals surface area (Å²) in [7, 11) is 0. The predicted octanol–water partition coefficient (Wildman–Crippen LogP) is 4.82. The van der Waals surface area contributed by atoms with Crippen LogP contribution in [0.15, 0.2) is 71.6 Å². The number of hydrogen-bond acceptors (Lipinski definition) is 3. The molecule has 0 saturated heterocycles. The van der Waals surface area contributed by atoms with E-state index in [1.54, 1.807) is 18.7 Å². The summed E-state index contributed by atoms with van der Waals surface area (Å²) < 4.78 is 5.90. The Morgan fingerprint density at radius 1 is 1.04 bits per heavy atom. The number of thioether (sulfide) groups is 1. The number of amides is 1. The van der Waals surface area contributed by atoms with E-state index in [-0.39, 0.29) is 5.91 Å². The van der Waals surface area contributed by atoms with E-state index in [2.05, 4.69) is 36.5 Å². The maximum atomic E-state index is 12.3. The largest absolute Gasteiger partial charge is 0.480 e. The molecule has 0 aliphatic carbocycles. The number of nitrogens with one attached hydrogen (secondary N) is 1. The maximum Gasteiger partial charge on any atom is 0.260 e. The van der Waals surface area contributed by atoms with Crippen molar-refractivity contribution < 1.29 is 9.53 Å². The van der Waals surface area contributed by atoms with Crippen LogP contribution in [0.1, 0.15) is 12.5 Å². The fraction of sp³-hybridized carbons (Fsp3) is 0.227. The quantitative estimate of drug-likeness (QED) is 0.482. The summed E-state index contributed by atoms with van der Waals surface area (Å²) in [4.78, 5) is 13.5. The number of ether oxygens (including phenoxy) is 1. The molecule has 1 amide bonds. The van der Waals surface area contributed by atoms with Gasteiger partial charge in [0, 0.05) is 22.6 Å². The third kappa shape index (κ3) is 4.79. The van der Waals surface area contributed by atoms with Gasteiger partial charge in [-0.2, -0.15) is 0 Å². The summed E-state index contributed by atoms with van der Waals surface area (Å²) in [5, 5.41) is 5.07. The maximum absolute atomic E-state index is 12.3. The van der Waals surface area contributed by atoms with Crippen molar-refractivity contribution in [3.05, 3.63) is 72.3 Å². The molecule has 0 heterocycles. The van der Waals surface area contributed by atoms with Crippen LogP contribution in [0.2, 0.25) is 0 Å². The third-order valence-corrected chi connectivity index (χ3v) is 5.13. The minimum absolute atomic E-state index is 0.0950. The molecule has 0 aliphatic rings. The summed E-state index contributed by atoms with van der Waals surface area (Å²) in [5.74, 6) is 1.47. The average Bonchev–Trinajstić information content (AvgIpc) is 2.66. The normalized spacial score (nSPS) is 11.9. The van der Waals surface area contributed by atoms with E-state index in [0.29, 0.717) is 6.54 Å². The molecule has 0 aliphatic heterocycles. The van der Waals surface area contributed by atoms with Gasteiger partial charge < -0.3 is 10.1 Å². The van der Waals surface area contributed by atoms with Gasteiger partial charge in [0.15, 0.2) is 6.10 Å². The third-order valence-electron chi connectivity index (χ3n) is 4.11. The molecular weight excluding hydrogens is 342 g/mol. The molecule has 0 fully saturated rings. The molecular formula is C22H23NO2S. The Balaban J connectivity index is 1.49. The number of fused-ring (bicyclic) bond motifs is 1. The van der Waals surface area contributed by atoms with Crippen molar-refractivity contribution in [2.75, 3.05) is 12.3 Å². The van der Waals surface area contributed by atoms with E-state index < -0.39 is 6.10 Å². The molecule has 0 aromatic heterocycles. The Morgan fingerprint density at radius 3 is 2.58 bits per heavy atom. The minimum Gasteiger partial charge on any atom is -0.480 e. The number of benzene rings is 3. The van der Waals surface area contributed by atoms with Gasteiger partial charge >= 0.3 is 0 Å². The molecule has 0 spiro atoms. The topological polar surface area (TPSA) is 38.3 Å². The first-order chi connectivity index (χ1) is 12.6. The molecule has 26 heavy (non-hydrogen) atoms. The molecule has 1 unspecified atom stereocenters. The second kappa shape index (κ2) is 8.77. The molecule has 3 aromatic carbocycles. The first kappa shape index (κ1) is 18.3. The van der Waals surface area contributed by atoms with Crippen molar-refractivity contribution in [1.29, 1.82) is 0 Å². The Bertz CT molecular complexity index is 871. The van der Waals surface area contributed by atoms with Gasteiger partial charge in [-0.15, -0.1) is 11.8 Å². The zero-order valence-corrected chi connectivity index (χ0v) is 15.9. The monoisotopic (exact) mass is 365 g/mol. The molecule has 3 aromatic rings. The van der Waals surface area contributed by atoms with Crippen molar-refractivity contribution in [2.45, 2.75) is 24.8 Å². The number of carbonyl (C=O) groups excluding carboxylic acids is 1. The van der Waals surface area contributed by atoms with Crippen molar-refractivity contribution >= 4 is 28.4 Å². The van der Waals surface area contributed by atoms with Gasteiger partial charge in [0.05, 0.1) is 0 Å². The molecule has 4 heteroatoms. The van der Waals surface area contributed by atoms with Crippen LogP contribution in [0.5, 0.6) is 5.75 Å². The highest BCUT2D eigenvalue weighted by atomic mass is 32.2. The second-order valence-electron chi connectivity index (χ2n) is 6.19. The summed E-state index contributed by atoms with van der Waals surface area (Å²) >= 11 is 1.73. The number of aryl methyl sites for hydroxylation is 1. The van der Waals surface area contributed by atoms with Gasteiger partial charge in [-0.1, -0.05) is 54.1 Å². The van der Waals surface area contributed by atoms with Crippen LogP contribution < -0.4 is 10.1 Å². The highest BCUT2D eigenvalue weighted by Crippen LogP contribution is 2.26. The average molecular weight is 365 g/mol. The molecule has 3 rings (SSSR count). The van der Waals surface area contributed by atoms with Crippen molar-refractivity contribution in [1.82, 2.24) is 5.32 Å². The first-order valence-electron chi connectivity index (χ1n) is 8.75. The molecule has 1 atom stereocenters. The fourth-order valence-electron chi connectivity index (χ4n) is 2.66. The SMILES string of the molecule is Cc1ccc(SCCNC(=O)C(C)Oc2cccc3ccccc23)cc1. The van der Waals surface area contributed by atoms with E-state index in [9.17, 15) is 4.79 Å². The molecule has 1 N–H and O–H groups in total. The van der Waals surface area contributed by atoms with Crippen LogP contribution in [0.25, 0.3) is 10.8 Å². The zero-order chi connectivity index (χ0) is 18.4. The zero-order valence-electron chi connectivity index (χ0n) is 15.1. The van der Waals surface area contributed by atoms with Crippen LogP contribution in [0.3, 0.4) is 0 Å². The molecule has 3 nitrogen and oxygen atoms in total. The molecule has 134 valence electrons. The van der Waals surface area contributed by atoms with Gasteiger partial charge in [-0.3, -0.25) is 4.79 Å². The summed E-state index contributed by atoms with van der Waals surface area (Å²) in [6.45, 7) is 4.47. The van der Waals surface area contributed by atoms with Crippen molar-refractivity contribution in [3.63, 3.8) is 0 Å². The Kier molecular flexibility index (Phi) is 6.18. The number of rotatable bonds is 7. The Labute approximate surface area is 158 Å². The lowest BCUT2D eigenvalue weighted by Gasteiger charge is -2.16. The summed E-state index contributed by atoms with van der Waals surface area (Å²) in [5.41, 5.74) is 1.25. The van der Waals surface area contributed by atoms with Gasteiger partial charge in [0.1, 0.15) is 5.75 Å². The van der Waals surface area contributed by atoms with E-state index in [1.165, 1.54) is 10.5 Å². The Hall–Kier alpha value is -2.46. The van der Waals surface area contributed by atoms with E-state index in [1.807, 2.05) is 42.5 Å². The molecule has 0 saturated carbocycles. The standard InChI is InChI=1S/C22H23NO2S/c1-16-10-12-19(13-11-16)26-15-14-23-22(24)17(2)25-21-9-5-7-18-6-3-4-8-20(18)21/h3-13,17H,14-15H2,1-2H3,(H,23,24). The van der Waals surface area contributed by atoms with E-state index >= 15 is 0 Å². The lowest BCUT2D eigenvalue weighted by atomic mass is 10.1. The summed E-state index contributed by atoms with van der Waals surface area (Å²) in [6, 6.07) is 22.3. The lowest BCUT2D eigenvalue weighted by molar-refractivity contribution is -0.127. The van der Waals surface area contributed by atoms with E-state index in [4.69, 9.17) is 4.74 Å². The molecule has 0 radical (unpaired) electrons. The van der Waals surface area contributed by atoms with Crippen molar-refractivity contribution in [3.8, 4) is 5.75 Å². The smallest absolute Gasteiger partial charge is 0.260 e. The highest BCUT2D eigenvalue weighted by molar-refractivity contribution is 7.99. The highest BCUT2D eigenvalue weighted by Gasteiger charge is 2.15.